The fraction of sp³-hybridized carbons (Fsp3) is 0.500. The van der Waals surface area contributed by atoms with Crippen molar-refractivity contribution in [3.05, 3.63) is 84.4 Å². The number of ketones is 1. The second kappa shape index (κ2) is 13.1. The lowest BCUT2D eigenvalue weighted by Gasteiger charge is -2.70. The third-order valence-corrected chi connectivity index (χ3v) is 11.1. The first-order chi connectivity index (χ1) is 23.3. The van der Waals surface area contributed by atoms with Gasteiger partial charge in [-0.25, -0.2) is 9.59 Å². The Labute approximate surface area is 290 Å². The van der Waals surface area contributed by atoms with Crippen molar-refractivity contribution in [2.24, 2.45) is 28.1 Å². The van der Waals surface area contributed by atoms with Gasteiger partial charge in [-0.1, -0.05) is 63.2 Å². The van der Waals surface area contributed by atoms with Crippen molar-refractivity contribution in [1.82, 2.24) is 0 Å². The van der Waals surface area contributed by atoms with Gasteiger partial charge in [0.2, 0.25) is 0 Å². The number of aliphatic hydroxyl groups excluding tert-OH is 2. The van der Waals surface area contributed by atoms with Crippen LogP contribution in [-0.2, 0) is 33.3 Å². The lowest BCUT2D eigenvalue weighted by Crippen LogP contribution is -2.84. The van der Waals surface area contributed by atoms with Crippen LogP contribution in [0.2, 0.25) is 0 Å². The molecule has 12 nitrogen and oxygen atoms in total. The summed E-state index contributed by atoms with van der Waals surface area (Å²) in [5.41, 5.74) is -7.36. The number of rotatable bonds is 7. The maximum atomic E-state index is 14.7. The number of benzene rings is 2. The summed E-state index contributed by atoms with van der Waals surface area (Å²) in [5.74, 6) is -7.12. The van der Waals surface area contributed by atoms with E-state index in [1.807, 2.05) is 0 Å². The zero-order chi connectivity index (χ0) is 37.0. The number of hydrogen-bond acceptors (Lipinski definition) is 12. The van der Waals surface area contributed by atoms with Crippen LogP contribution >= 0.6 is 0 Å². The third kappa shape index (κ3) is 5.72. The zero-order valence-corrected chi connectivity index (χ0v) is 28.9. The number of carbonyl (C=O) groups excluding carboxylic acids is 5. The van der Waals surface area contributed by atoms with Crippen LogP contribution in [-0.4, -0.2) is 87.2 Å². The molecule has 3 saturated carbocycles. The van der Waals surface area contributed by atoms with Crippen molar-refractivity contribution in [1.29, 1.82) is 0 Å². The summed E-state index contributed by atoms with van der Waals surface area (Å²) in [6.07, 6.45) is -8.99. The van der Waals surface area contributed by atoms with Gasteiger partial charge in [-0.05, 0) is 31.2 Å². The van der Waals surface area contributed by atoms with Crippen molar-refractivity contribution in [3.63, 3.8) is 0 Å². The quantitative estimate of drug-likeness (QED) is 0.219. The van der Waals surface area contributed by atoms with E-state index in [4.69, 9.17) is 18.9 Å². The van der Waals surface area contributed by atoms with Gasteiger partial charge in [-0.15, -0.1) is 6.58 Å². The maximum Gasteiger partial charge on any atom is 0.338 e. The fourth-order valence-corrected chi connectivity index (χ4v) is 9.19. The van der Waals surface area contributed by atoms with Crippen LogP contribution in [0.1, 0.15) is 68.7 Å². The molecule has 268 valence electrons. The first-order valence-electron chi connectivity index (χ1n) is 16.5. The average molecular weight is 693 g/mol. The predicted octanol–water partition coefficient (Wildman–Crippen LogP) is 3.21. The molecule has 5 rings (SSSR count). The Kier molecular flexibility index (Phi) is 9.63. The summed E-state index contributed by atoms with van der Waals surface area (Å²) < 4.78 is 23.5. The molecule has 0 amide bonds. The second-order valence-corrected chi connectivity index (χ2v) is 14.7. The van der Waals surface area contributed by atoms with E-state index in [1.165, 1.54) is 44.2 Å². The molecule has 0 saturated heterocycles. The third-order valence-electron chi connectivity index (χ3n) is 11.1. The number of esters is 4. The van der Waals surface area contributed by atoms with Gasteiger partial charge in [0.05, 0.1) is 22.6 Å². The van der Waals surface area contributed by atoms with Crippen molar-refractivity contribution in [2.45, 2.75) is 90.2 Å². The summed E-state index contributed by atoms with van der Waals surface area (Å²) in [5, 5.41) is 37.4. The molecule has 11 atom stereocenters. The van der Waals surface area contributed by atoms with E-state index in [0.717, 1.165) is 13.8 Å². The lowest BCUT2D eigenvalue weighted by molar-refractivity contribution is -0.338. The Morgan fingerprint density at radius 1 is 0.720 bits per heavy atom. The number of allylic oxidation sites excluding steroid dienone is 1. The lowest BCUT2D eigenvalue weighted by atomic mass is 9.38. The van der Waals surface area contributed by atoms with E-state index in [2.05, 4.69) is 6.58 Å². The molecule has 3 N–H and O–H groups in total. The highest BCUT2D eigenvalue weighted by Gasteiger charge is 2.80. The van der Waals surface area contributed by atoms with Crippen molar-refractivity contribution >= 4 is 29.7 Å². The topological polar surface area (TPSA) is 183 Å². The summed E-state index contributed by atoms with van der Waals surface area (Å²) in [7, 11) is 0. The highest BCUT2D eigenvalue weighted by molar-refractivity contribution is 5.97. The van der Waals surface area contributed by atoms with Gasteiger partial charge < -0.3 is 34.3 Å². The number of hydrogen-bond donors (Lipinski definition) is 3. The molecule has 0 radical (unpaired) electrons. The van der Waals surface area contributed by atoms with Crippen LogP contribution in [0.15, 0.2) is 73.3 Å². The van der Waals surface area contributed by atoms with Gasteiger partial charge in [0.15, 0.2) is 17.5 Å². The molecule has 0 bridgehead atoms. The van der Waals surface area contributed by atoms with Crippen LogP contribution in [0.4, 0.5) is 0 Å². The molecule has 2 aromatic carbocycles. The summed E-state index contributed by atoms with van der Waals surface area (Å²) in [4.78, 5) is 67.3. The molecular formula is C38H44O12. The Morgan fingerprint density at radius 2 is 1.20 bits per heavy atom. The first-order valence-corrected chi connectivity index (χ1v) is 16.5. The summed E-state index contributed by atoms with van der Waals surface area (Å²) in [6.45, 7) is 12.2. The molecule has 0 aromatic heterocycles. The second-order valence-electron chi connectivity index (χ2n) is 14.7. The van der Waals surface area contributed by atoms with Gasteiger partial charge in [0, 0.05) is 42.9 Å². The SMILES string of the molecule is C=C[C@@]1(C)C[C@@H](OC(=O)c2ccccc2)[C@H]2[C@](O)(C1=O)[C@H](OC(C)=O)[C@@H](O)[C@H]1C(C)(C)[C@H](OC(C)=O)[C@H](O)[C@H](OC(=O)c3ccccc3)[C@@]12C. The van der Waals surface area contributed by atoms with Crippen LogP contribution in [0.5, 0.6) is 0 Å². The van der Waals surface area contributed by atoms with Crippen molar-refractivity contribution < 1.29 is 58.2 Å². The highest BCUT2D eigenvalue weighted by Crippen LogP contribution is 2.67. The minimum atomic E-state index is -2.79. The van der Waals surface area contributed by atoms with E-state index in [9.17, 15) is 39.3 Å². The monoisotopic (exact) mass is 692 g/mol. The van der Waals surface area contributed by atoms with Crippen molar-refractivity contribution in [3.8, 4) is 0 Å². The smallest absolute Gasteiger partial charge is 0.338 e. The minimum absolute atomic E-state index is 0.101. The number of fused-ring (bicyclic) bond motifs is 3. The van der Waals surface area contributed by atoms with E-state index in [-0.39, 0.29) is 17.5 Å². The molecule has 0 aliphatic heterocycles. The molecule has 3 aliphatic carbocycles. The molecule has 0 unspecified atom stereocenters. The number of carbonyl (C=O) groups is 5. The minimum Gasteiger partial charge on any atom is -0.459 e. The molecule has 50 heavy (non-hydrogen) atoms. The van der Waals surface area contributed by atoms with Crippen LogP contribution in [0.25, 0.3) is 0 Å². The Morgan fingerprint density at radius 3 is 1.68 bits per heavy atom. The van der Waals surface area contributed by atoms with Crippen molar-refractivity contribution in [2.75, 3.05) is 0 Å². The van der Waals surface area contributed by atoms with E-state index >= 15 is 0 Å². The van der Waals surface area contributed by atoms with Gasteiger partial charge in [0.1, 0.15) is 24.4 Å². The average Bonchev–Trinajstić information content (AvgIpc) is 3.06. The summed E-state index contributed by atoms with van der Waals surface area (Å²) in [6, 6.07) is 15.9. The summed E-state index contributed by atoms with van der Waals surface area (Å²) >= 11 is 0. The number of aliphatic hydroxyl groups is 3. The number of Topliss-reactive ketones (excluding diaryl/α,β-unsaturated/α-hetero) is 1. The molecule has 3 fully saturated rings. The normalized spacial score (nSPS) is 37.3. The van der Waals surface area contributed by atoms with Gasteiger partial charge >= 0.3 is 23.9 Å². The van der Waals surface area contributed by atoms with Gasteiger partial charge in [-0.3, -0.25) is 14.4 Å². The Bertz CT molecular complexity index is 1670. The maximum absolute atomic E-state index is 14.7. The fourth-order valence-electron chi connectivity index (χ4n) is 9.19. The molecular weight excluding hydrogens is 648 g/mol. The molecule has 2 aromatic rings. The van der Waals surface area contributed by atoms with E-state index in [0.29, 0.717) is 0 Å². The first kappa shape index (κ1) is 36.9. The molecule has 3 aliphatic rings. The predicted molar refractivity (Wildman–Crippen MR) is 176 cm³/mol. The number of ether oxygens (including phenoxy) is 4. The molecule has 0 heterocycles. The Balaban J connectivity index is 1.81. The van der Waals surface area contributed by atoms with E-state index < -0.39 is 100.0 Å². The van der Waals surface area contributed by atoms with Crippen LogP contribution in [0, 0.1) is 28.1 Å². The molecule has 12 heteroatoms. The van der Waals surface area contributed by atoms with Gasteiger partial charge in [0.25, 0.3) is 0 Å². The van der Waals surface area contributed by atoms with Gasteiger partial charge in [-0.2, -0.15) is 0 Å². The molecule has 0 spiro atoms. The van der Waals surface area contributed by atoms with Crippen LogP contribution in [0.3, 0.4) is 0 Å². The van der Waals surface area contributed by atoms with E-state index in [1.54, 1.807) is 50.2 Å². The zero-order valence-electron chi connectivity index (χ0n) is 28.9. The Hall–Kier alpha value is -4.39. The largest absolute Gasteiger partial charge is 0.459 e. The van der Waals surface area contributed by atoms with Crippen LogP contribution < -0.4 is 0 Å². The highest BCUT2D eigenvalue weighted by atomic mass is 16.6. The standard InChI is InChI=1S/C38H44O12/c1-8-36(6)19-24(49-32(43)22-15-11-9-12-16-22)27-37(7)28(25(41)31(48-21(3)40)38(27,46)34(36)45)35(4,5)29(47-20(2)39)26(42)30(37)50-33(44)23-17-13-10-14-18-23/h8-18,24-31,41-42,46H,1,19H2,2-7H3/t24-,25+,26+,27-,28+,29-,30+,31-,36+,37-,38-/m1/s1.